The zero-order valence-corrected chi connectivity index (χ0v) is 17.5. The molecular weight excluding hydrogens is 388 g/mol. The Labute approximate surface area is 176 Å². The third-order valence-electron chi connectivity index (χ3n) is 4.80. The van der Waals surface area contributed by atoms with Gasteiger partial charge in [-0.1, -0.05) is 41.9 Å². The van der Waals surface area contributed by atoms with Crippen LogP contribution in [-0.2, 0) is 14.3 Å². The van der Waals surface area contributed by atoms with E-state index in [0.29, 0.717) is 54.6 Å². The summed E-state index contributed by atoms with van der Waals surface area (Å²) in [6.45, 7) is 5.89. The maximum Gasteiger partial charge on any atom is 0.278 e. The summed E-state index contributed by atoms with van der Waals surface area (Å²) in [7, 11) is 0. The van der Waals surface area contributed by atoms with Crippen LogP contribution in [0.1, 0.15) is 25.8 Å². The summed E-state index contributed by atoms with van der Waals surface area (Å²) in [5.74, 6) is -0.555. The van der Waals surface area contributed by atoms with Gasteiger partial charge < -0.3 is 9.64 Å². The lowest BCUT2D eigenvalue weighted by Gasteiger charge is -2.25. The summed E-state index contributed by atoms with van der Waals surface area (Å²) < 4.78 is 5.37. The van der Waals surface area contributed by atoms with Crippen molar-refractivity contribution in [1.29, 1.82) is 0 Å². The number of rotatable bonds is 9. The molecule has 0 fully saturated rings. The number of halogens is 1. The zero-order valence-electron chi connectivity index (χ0n) is 16.7. The van der Waals surface area contributed by atoms with Crippen LogP contribution in [0.2, 0.25) is 5.02 Å². The number of likely N-dealkylation sites (N-methyl/N-ethyl adjacent to an activating group) is 1. The van der Waals surface area contributed by atoms with E-state index in [1.54, 1.807) is 24.3 Å². The van der Waals surface area contributed by atoms with Gasteiger partial charge in [0.25, 0.3) is 11.8 Å². The summed E-state index contributed by atoms with van der Waals surface area (Å²) in [4.78, 5) is 29.8. The molecule has 0 N–H and O–H groups in total. The first-order chi connectivity index (χ1) is 14.1. The molecule has 152 valence electrons. The van der Waals surface area contributed by atoms with E-state index >= 15 is 0 Å². The van der Waals surface area contributed by atoms with E-state index < -0.39 is 0 Å². The van der Waals surface area contributed by atoms with Crippen molar-refractivity contribution in [1.82, 2.24) is 4.90 Å². The van der Waals surface area contributed by atoms with Crippen molar-refractivity contribution in [3.63, 3.8) is 0 Å². The Bertz CT molecular complexity index is 894. The van der Waals surface area contributed by atoms with Crippen LogP contribution < -0.4 is 4.90 Å². The van der Waals surface area contributed by atoms with Gasteiger partial charge in [-0.05, 0) is 50.1 Å². The van der Waals surface area contributed by atoms with Crippen molar-refractivity contribution < 1.29 is 14.3 Å². The molecule has 2 aromatic carbocycles. The first-order valence-corrected chi connectivity index (χ1v) is 10.2. The van der Waals surface area contributed by atoms with Crippen molar-refractivity contribution in [3.05, 3.63) is 70.9 Å². The summed E-state index contributed by atoms with van der Waals surface area (Å²) >= 11 is 6.03. The van der Waals surface area contributed by atoms with E-state index in [0.717, 1.165) is 5.69 Å². The minimum absolute atomic E-state index is 0.276. The lowest BCUT2D eigenvalue weighted by Crippen LogP contribution is -2.36. The van der Waals surface area contributed by atoms with Crippen molar-refractivity contribution >= 4 is 34.7 Å². The van der Waals surface area contributed by atoms with E-state index in [1.807, 2.05) is 49.1 Å². The molecule has 0 saturated heterocycles. The molecule has 1 heterocycles. The molecule has 1 aliphatic heterocycles. The van der Waals surface area contributed by atoms with Crippen LogP contribution in [0.4, 0.5) is 5.69 Å². The number of hydrogen-bond acceptors (Lipinski definition) is 4. The molecule has 0 aliphatic carbocycles. The Kier molecular flexibility index (Phi) is 7.07. The number of imide groups is 1. The Morgan fingerprint density at radius 2 is 1.66 bits per heavy atom. The summed E-state index contributed by atoms with van der Waals surface area (Å²) in [6, 6.07) is 16.7. The van der Waals surface area contributed by atoms with E-state index in [2.05, 4.69) is 0 Å². The Morgan fingerprint density at radius 1 is 0.966 bits per heavy atom. The second-order valence-corrected chi connectivity index (χ2v) is 7.06. The molecule has 0 saturated carbocycles. The molecule has 3 rings (SSSR count). The molecule has 0 atom stereocenters. The number of carbonyl (C=O) groups excluding carboxylic acids is 2. The predicted molar refractivity (Wildman–Crippen MR) is 116 cm³/mol. The fourth-order valence-electron chi connectivity index (χ4n) is 3.44. The first kappa shape index (κ1) is 21.1. The van der Waals surface area contributed by atoms with Gasteiger partial charge in [-0.2, -0.15) is 0 Å². The number of para-hydroxylation sites is 1. The minimum atomic E-state index is -0.279. The highest BCUT2D eigenvalue weighted by atomic mass is 35.5. The highest BCUT2D eigenvalue weighted by Crippen LogP contribution is 2.34. The SMILES string of the molecule is CCOCCCN1C(=O)C(c2ccc(Cl)cc2)=C(N(CC)c2ccccc2)C1=O. The number of benzene rings is 2. The number of ether oxygens (including phenoxy) is 1. The van der Waals surface area contributed by atoms with Gasteiger partial charge in [0.05, 0.1) is 5.57 Å². The van der Waals surface area contributed by atoms with Crippen molar-refractivity contribution in [2.75, 3.05) is 31.2 Å². The molecule has 2 aromatic rings. The molecule has 6 heteroatoms. The summed E-state index contributed by atoms with van der Waals surface area (Å²) in [6.07, 6.45) is 0.601. The molecule has 0 unspecified atom stereocenters. The normalized spacial score (nSPS) is 14.1. The number of carbonyl (C=O) groups is 2. The maximum absolute atomic E-state index is 13.3. The average molecular weight is 413 g/mol. The first-order valence-electron chi connectivity index (χ1n) is 9.85. The van der Waals surface area contributed by atoms with Crippen LogP contribution in [-0.4, -0.2) is 43.0 Å². The number of anilines is 1. The van der Waals surface area contributed by atoms with Gasteiger partial charge in [-0.15, -0.1) is 0 Å². The standard InChI is InChI=1S/C23H25ClN2O3/c1-3-25(19-9-6-5-7-10-19)21-20(17-11-13-18(24)14-12-17)22(27)26(23(21)28)15-8-16-29-4-2/h5-7,9-14H,3-4,8,15-16H2,1-2H3. The second-order valence-electron chi connectivity index (χ2n) is 6.62. The quantitative estimate of drug-likeness (QED) is 0.453. The van der Waals surface area contributed by atoms with Crippen LogP contribution in [0.5, 0.6) is 0 Å². The predicted octanol–water partition coefficient (Wildman–Crippen LogP) is 4.37. The highest BCUT2D eigenvalue weighted by molar-refractivity contribution is 6.37. The lowest BCUT2D eigenvalue weighted by molar-refractivity contribution is -0.137. The van der Waals surface area contributed by atoms with Crippen molar-refractivity contribution in [3.8, 4) is 0 Å². The fraction of sp³-hybridized carbons (Fsp3) is 0.304. The van der Waals surface area contributed by atoms with Gasteiger partial charge in [-0.3, -0.25) is 14.5 Å². The molecule has 29 heavy (non-hydrogen) atoms. The lowest BCUT2D eigenvalue weighted by atomic mass is 10.0. The summed E-state index contributed by atoms with van der Waals surface area (Å²) in [5.41, 5.74) is 2.37. The molecular formula is C23H25ClN2O3. The average Bonchev–Trinajstić information content (AvgIpc) is 2.98. The third kappa shape index (κ3) is 4.52. The molecule has 5 nitrogen and oxygen atoms in total. The number of nitrogens with zero attached hydrogens (tertiary/aromatic N) is 2. The second kappa shape index (κ2) is 9.72. The number of amides is 2. The van der Waals surface area contributed by atoms with Gasteiger partial charge in [0.15, 0.2) is 0 Å². The van der Waals surface area contributed by atoms with Gasteiger partial charge >= 0.3 is 0 Å². The van der Waals surface area contributed by atoms with Gasteiger partial charge in [0, 0.05) is 37.0 Å². The van der Waals surface area contributed by atoms with Crippen molar-refractivity contribution in [2.24, 2.45) is 0 Å². The Balaban J connectivity index is 2.03. The molecule has 1 aliphatic rings. The van der Waals surface area contributed by atoms with Crippen LogP contribution in [0.25, 0.3) is 5.57 Å². The minimum Gasteiger partial charge on any atom is -0.382 e. The van der Waals surface area contributed by atoms with E-state index in [9.17, 15) is 9.59 Å². The van der Waals surface area contributed by atoms with Crippen LogP contribution >= 0.6 is 11.6 Å². The van der Waals surface area contributed by atoms with Gasteiger partial charge in [-0.25, -0.2) is 0 Å². The molecule has 0 bridgehead atoms. The Hall–Kier alpha value is -2.63. The van der Waals surface area contributed by atoms with Crippen molar-refractivity contribution in [2.45, 2.75) is 20.3 Å². The van der Waals surface area contributed by atoms with Crippen LogP contribution in [0, 0.1) is 0 Å². The molecule has 0 radical (unpaired) electrons. The van der Waals surface area contributed by atoms with Crippen LogP contribution in [0.3, 0.4) is 0 Å². The molecule has 0 aromatic heterocycles. The van der Waals surface area contributed by atoms with Crippen LogP contribution in [0.15, 0.2) is 60.3 Å². The third-order valence-corrected chi connectivity index (χ3v) is 5.06. The molecule has 2 amide bonds. The highest BCUT2D eigenvalue weighted by Gasteiger charge is 2.41. The summed E-state index contributed by atoms with van der Waals surface area (Å²) in [5, 5.41) is 0.580. The largest absolute Gasteiger partial charge is 0.382 e. The molecule has 0 spiro atoms. The van der Waals surface area contributed by atoms with E-state index in [-0.39, 0.29) is 11.8 Å². The monoisotopic (exact) mass is 412 g/mol. The van der Waals surface area contributed by atoms with Gasteiger partial charge in [0.1, 0.15) is 5.70 Å². The zero-order chi connectivity index (χ0) is 20.8. The number of hydrogen-bond donors (Lipinski definition) is 0. The van der Waals surface area contributed by atoms with Gasteiger partial charge in [0.2, 0.25) is 0 Å². The maximum atomic E-state index is 13.3. The fourth-order valence-corrected chi connectivity index (χ4v) is 3.57. The Morgan fingerprint density at radius 3 is 2.28 bits per heavy atom. The van der Waals surface area contributed by atoms with E-state index in [4.69, 9.17) is 16.3 Å². The van der Waals surface area contributed by atoms with E-state index in [1.165, 1.54) is 4.90 Å². The topological polar surface area (TPSA) is 49.9 Å². The smallest absolute Gasteiger partial charge is 0.278 e.